The molecule has 2 heteroatoms. The van der Waals surface area contributed by atoms with Crippen LogP contribution in [0.5, 0.6) is 0 Å². The van der Waals surface area contributed by atoms with Crippen LogP contribution in [0.1, 0.15) is 50.3 Å². The number of benzene rings is 1. The van der Waals surface area contributed by atoms with Gasteiger partial charge in [-0.25, -0.2) is 0 Å². The third-order valence-electron chi connectivity index (χ3n) is 3.54. The van der Waals surface area contributed by atoms with Gasteiger partial charge in [-0.3, -0.25) is 0 Å². The summed E-state index contributed by atoms with van der Waals surface area (Å²) in [6.07, 6.45) is 3.67. The molecule has 1 aliphatic rings. The minimum absolute atomic E-state index is 0.372. The van der Waals surface area contributed by atoms with Crippen molar-refractivity contribution in [2.45, 2.75) is 51.8 Å². The molecule has 17 heavy (non-hydrogen) atoms. The summed E-state index contributed by atoms with van der Waals surface area (Å²) in [6, 6.07) is 9.60. The van der Waals surface area contributed by atoms with E-state index in [2.05, 4.69) is 43.4 Å². The third-order valence-corrected chi connectivity index (χ3v) is 3.54. The zero-order valence-electron chi connectivity index (χ0n) is 10.9. The summed E-state index contributed by atoms with van der Waals surface area (Å²) in [7, 11) is 0. The van der Waals surface area contributed by atoms with Crippen molar-refractivity contribution in [3.05, 3.63) is 35.4 Å². The molecule has 0 bridgehead atoms. The fourth-order valence-corrected chi connectivity index (χ4v) is 2.56. The average Bonchev–Trinajstić information content (AvgIpc) is 2.38. The van der Waals surface area contributed by atoms with Gasteiger partial charge in [-0.05, 0) is 24.0 Å². The second-order valence-corrected chi connectivity index (χ2v) is 4.83. The highest BCUT2D eigenvalue weighted by molar-refractivity contribution is 5.31. The molecule has 0 saturated heterocycles. The van der Waals surface area contributed by atoms with Gasteiger partial charge in [0, 0.05) is 6.04 Å². The Labute approximate surface area is 104 Å². The molecule has 2 rings (SSSR count). The number of nitrogens with one attached hydrogen (secondary N) is 1. The summed E-state index contributed by atoms with van der Waals surface area (Å²) < 4.78 is 5.67. The normalized spacial score (nSPS) is 20.9. The molecule has 0 aliphatic carbocycles. The molecule has 1 aromatic rings. The van der Waals surface area contributed by atoms with Crippen molar-refractivity contribution in [1.29, 1.82) is 0 Å². The van der Waals surface area contributed by atoms with Crippen molar-refractivity contribution in [2.75, 3.05) is 6.61 Å². The number of ether oxygens (including phenoxy) is 1. The summed E-state index contributed by atoms with van der Waals surface area (Å²) in [5.41, 5.74) is 2.76. The Bertz CT molecular complexity index is 351. The van der Waals surface area contributed by atoms with Gasteiger partial charge in [-0.2, -0.15) is 0 Å². The first kappa shape index (κ1) is 12.6. The van der Waals surface area contributed by atoms with Crippen LogP contribution in [0.25, 0.3) is 0 Å². The second kappa shape index (κ2) is 6.18. The summed E-state index contributed by atoms with van der Waals surface area (Å²) in [6.45, 7) is 6.06. The Balaban J connectivity index is 2.07. The molecule has 1 N–H and O–H groups in total. The maximum absolute atomic E-state index is 5.67. The van der Waals surface area contributed by atoms with Gasteiger partial charge in [0.2, 0.25) is 0 Å². The average molecular weight is 233 g/mol. The van der Waals surface area contributed by atoms with E-state index in [9.17, 15) is 0 Å². The monoisotopic (exact) mass is 233 g/mol. The first-order chi connectivity index (χ1) is 8.35. The lowest BCUT2D eigenvalue weighted by atomic mass is 9.97. The van der Waals surface area contributed by atoms with Crippen molar-refractivity contribution < 1.29 is 4.74 Å². The standard InChI is InChI=1S/C15H23NO/c1-3-7-13(4-2)16-15-11-17-10-12-8-5-6-9-14(12)15/h5-6,8-9,13,15-16H,3-4,7,10-11H2,1-2H3. The van der Waals surface area contributed by atoms with Crippen LogP contribution in [-0.2, 0) is 11.3 Å². The van der Waals surface area contributed by atoms with E-state index in [4.69, 9.17) is 4.74 Å². The Morgan fingerprint density at radius 2 is 2.18 bits per heavy atom. The molecule has 0 fully saturated rings. The first-order valence-electron chi connectivity index (χ1n) is 6.76. The molecule has 2 atom stereocenters. The largest absolute Gasteiger partial charge is 0.375 e. The number of fused-ring (bicyclic) bond motifs is 1. The van der Waals surface area contributed by atoms with Gasteiger partial charge in [-0.1, -0.05) is 44.5 Å². The highest BCUT2D eigenvalue weighted by Gasteiger charge is 2.21. The van der Waals surface area contributed by atoms with E-state index < -0.39 is 0 Å². The Morgan fingerprint density at radius 1 is 1.35 bits per heavy atom. The maximum atomic E-state index is 5.67. The van der Waals surface area contributed by atoms with Gasteiger partial charge in [0.05, 0.1) is 19.3 Å². The lowest BCUT2D eigenvalue weighted by Crippen LogP contribution is -2.37. The topological polar surface area (TPSA) is 21.3 Å². The SMILES string of the molecule is CCCC(CC)NC1COCc2ccccc21. The van der Waals surface area contributed by atoms with Crippen molar-refractivity contribution in [1.82, 2.24) is 5.32 Å². The van der Waals surface area contributed by atoms with Gasteiger partial charge in [0.15, 0.2) is 0 Å². The van der Waals surface area contributed by atoms with E-state index in [-0.39, 0.29) is 0 Å². The fourth-order valence-electron chi connectivity index (χ4n) is 2.56. The van der Waals surface area contributed by atoms with Crippen LogP contribution in [0.4, 0.5) is 0 Å². The van der Waals surface area contributed by atoms with Crippen LogP contribution in [0.3, 0.4) is 0 Å². The van der Waals surface area contributed by atoms with Crippen molar-refractivity contribution in [2.24, 2.45) is 0 Å². The summed E-state index contributed by atoms with van der Waals surface area (Å²) in [5, 5.41) is 3.74. The summed E-state index contributed by atoms with van der Waals surface area (Å²) in [4.78, 5) is 0. The predicted octanol–water partition coefficient (Wildman–Crippen LogP) is 3.43. The van der Waals surface area contributed by atoms with Gasteiger partial charge >= 0.3 is 0 Å². The molecule has 2 unspecified atom stereocenters. The predicted molar refractivity (Wildman–Crippen MR) is 71.0 cm³/mol. The summed E-state index contributed by atoms with van der Waals surface area (Å²) in [5.74, 6) is 0. The van der Waals surface area contributed by atoms with E-state index in [0.29, 0.717) is 12.1 Å². The van der Waals surface area contributed by atoms with Gasteiger partial charge in [0.25, 0.3) is 0 Å². The molecule has 1 aliphatic heterocycles. The molecule has 0 aromatic heterocycles. The molecule has 94 valence electrons. The third kappa shape index (κ3) is 3.08. The number of hydrogen-bond donors (Lipinski definition) is 1. The van der Waals surface area contributed by atoms with E-state index in [1.165, 1.54) is 30.4 Å². The van der Waals surface area contributed by atoms with Crippen molar-refractivity contribution in [3.8, 4) is 0 Å². The van der Waals surface area contributed by atoms with E-state index in [0.717, 1.165) is 13.2 Å². The maximum Gasteiger partial charge on any atom is 0.0721 e. The van der Waals surface area contributed by atoms with E-state index in [1.807, 2.05) is 0 Å². The van der Waals surface area contributed by atoms with E-state index >= 15 is 0 Å². The van der Waals surface area contributed by atoms with Crippen LogP contribution >= 0.6 is 0 Å². The Hall–Kier alpha value is -0.860. The first-order valence-corrected chi connectivity index (χ1v) is 6.76. The quantitative estimate of drug-likeness (QED) is 0.841. The summed E-state index contributed by atoms with van der Waals surface area (Å²) >= 11 is 0. The highest BCUT2D eigenvalue weighted by Crippen LogP contribution is 2.25. The van der Waals surface area contributed by atoms with Crippen molar-refractivity contribution >= 4 is 0 Å². The minimum Gasteiger partial charge on any atom is -0.375 e. The fraction of sp³-hybridized carbons (Fsp3) is 0.600. The lowest BCUT2D eigenvalue weighted by molar-refractivity contribution is 0.0777. The molecule has 0 saturated carbocycles. The molecule has 1 aromatic carbocycles. The van der Waals surface area contributed by atoms with Crippen molar-refractivity contribution in [3.63, 3.8) is 0 Å². The molecular weight excluding hydrogens is 210 g/mol. The molecular formula is C15H23NO. The number of hydrogen-bond acceptors (Lipinski definition) is 2. The molecule has 2 nitrogen and oxygen atoms in total. The van der Waals surface area contributed by atoms with Crippen LogP contribution in [-0.4, -0.2) is 12.6 Å². The van der Waals surface area contributed by atoms with Gasteiger partial charge in [-0.15, -0.1) is 0 Å². The van der Waals surface area contributed by atoms with Gasteiger partial charge in [0.1, 0.15) is 0 Å². The minimum atomic E-state index is 0.372. The Morgan fingerprint density at radius 3 is 2.94 bits per heavy atom. The van der Waals surface area contributed by atoms with Crippen LogP contribution in [0.2, 0.25) is 0 Å². The lowest BCUT2D eigenvalue weighted by Gasteiger charge is -2.30. The molecule has 0 radical (unpaired) electrons. The molecule has 0 amide bonds. The number of rotatable bonds is 5. The van der Waals surface area contributed by atoms with Gasteiger partial charge < -0.3 is 10.1 Å². The highest BCUT2D eigenvalue weighted by atomic mass is 16.5. The van der Waals surface area contributed by atoms with Crippen LogP contribution in [0.15, 0.2) is 24.3 Å². The molecule has 1 heterocycles. The van der Waals surface area contributed by atoms with Crippen LogP contribution in [0, 0.1) is 0 Å². The smallest absolute Gasteiger partial charge is 0.0721 e. The molecule has 0 spiro atoms. The van der Waals surface area contributed by atoms with Crippen LogP contribution < -0.4 is 5.32 Å². The van der Waals surface area contributed by atoms with E-state index in [1.54, 1.807) is 0 Å². The zero-order valence-corrected chi connectivity index (χ0v) is 10.9. The zero-order chi connectivity index (χ0) is 12.1. The second-order valence-electron chi connectivity index (χ2n) is 4.83. The Kier molecular flexibility index (Phi) is 4.57.